The molecule has 4 nitrogen and oxygen atoms in total. The quantitative estimate of drug-likeness (QED) is 0.786. The molecule has 0 aliphatic heterocycles. The maximum absolute atomic E-state index is 12.0. The summed E-state index contributed by atoms with van der Waals surface area (Å²) in [7, 11) is 1.79. The van der Waals surface area contributed by atoms with Gasteiger partial charge in [0, 0.05) is 19.3 Å². The summed E-state index contributed by atoms with van der Waals surface area (Å²) in [6, 6.07) is 1.65. The fraction of sp³-hybridized carbons (Fsp3) is 0.200. The lowest BCUT2D eigenvalue weighted by Crippen LogP contribution is -1.99. The average molecular weight is 269 g/mol. The third-order valence-electron chi connectivity index (χ3n) is 2.09. The minimum absolute atomic E-state index is 0.0740. The number of furan rings is 1. The molecule has 0 aromatic carbocycles. The third-order valence-corrected chi connectivity index (χ3v) is 2.50. The Labute approximate surface area is 95.0 Å². The number of rotatable bonds is 2. The maximum atomic E-state index is 12.0. The van der Waals surface area contributed by atoms with Crippen LogP contribution >= 0.6 is 15.9 Å². The van der Waals surface area contributed by atoms with Gasteiger partial charge in [-0.1, -0.05) is 0 Å². The van der Waals surface area contributed by atoms with Crippen LogP contribution < -0.4 is 0 Å². The Morgan fingerprint density at radius 1 is 1.60 bits per heavy atom. The van der Waals surface area contributed by atoms with Crippen molar-refractivity contribution < 1.29 is 9.21 Å². The first-order valence-electron chi connectivity index (χ1n) is 4.37. The van der Waals surface area contributed by atoms with Crippen molar-refractivity contribution in [2.45, 2.75) is 6.92 Å². The van der Waals surface area contributed by atoms with Crippen LogP contribution in [0.5, 0.6) is 0 Å². The smallest absolute Gasteiger partial charge is 0.199 e. The lowest BCUT2D eigenvalue weighted by molar-refractivity contribution is 0.103. The summed E-state index contributed by atoms with van der Waals surface area (Å²) < 4.78 is 7.19. The lowest BCUT2D eigenvalue weighted by atomic mass is 10.1. The van der Waals surface area contributed by atoms with E-state index in [0.717, 1.165) is 5.69 Å². The SMILES string of the molecule is Cc1nn(C)cc1C(=O)c1coc(Br)c1. The van der Waals surface area contributed by atoms with E-state index in [2.05, 4.69) is 21.0 Å². The maximum Gasteiger partial charge on any atom is 0.199 e. The van der Waals surface area contributed by atoms with E-state index < -0.39 is 0 Å². The number of aryl methyl sites for hydroxylation is 2. The Morgan fingerprint density at radius 3 is 2.80 bits per heavy atom. The first-order valence-corrected chi connectivity index (χ1v) is 5.16. The molecule has 0 bridgehead atoms. The Kier molecular flexibility index (Phi) is 2.48. The molecule has 0 fully saturated rings. The van der Waals surface area contributed by atoms with Gasteiger partial charge in [0.2, 0.25) is 0 Å². The Balaban J connectivity index is 2.40. The highest BCUT2D eigenvalue weighted by Gasteiger charge is 2.16. The van der Waals surface area contributed by atoms with Crippen molar-refractivity contribution in [2.24, 2.45) is 7.05 Å². The van der Waals surface area contributed by atoms with Crippen LogP contribution in [-0.4, -0.2) is 15.6 Å². The van der Waals surface area contributed by atoms with Gasteiger partial charge in [-0.25, -0.2) is 0 Å². The molecule has 2 aromatic heterocycles. The van der Waals surface area contributed by atoms with Crippen LogP contribution in [0, 0.1) is 6.92 Å². The fourth-order valence-corrected chi connectivity index (χ4v) is 1.75. The van der Waals surface area contributed by atoms with Crippen molar-refractivity contribution in [1.29, 1.82) is 0 Å². The molecule has 0 aliphatic rings. The summed E-state index contributed by atoms with van der Waals surface area (Å²) >= 11 is 3.16. The van der Waals surface area contributed by atoms with Gasteiger partial charge in [0.1, 0.15) is 6.26 Å². The molecule has 0 radical (unpaired) electrons. The summed E-state index contributed by atoms with van der Waals surface area (Å²) in [5.41, 5.74) is 1.85. The molecule has 2 rings (SSSR count). The Bertz CT molecular complexity index is 513. The number of nitrogens with zero attached hydrogens (tertiary/aromatic N) is 2. The number of halogens is 1. The van der Waals surface area contributed by atoms with Crippen LogP contribution in [0.15, 0.2) is 27.6 Å². The van der Waals surface area contributed by atoms with E-state index in [1.807, 2.05) is 6.92 Å². The summed E-state index contributed by atoms with van der Waals surface area (Å²) in [6.45, 7) is 1.81. The Hall–Kier alpha value is -1.36. The van der Waals surface area contributed by atoms with E-state index in [1.54, 1.807) is 24.0 Å². The van der Waals surface area contributed by atoms with Crippen molar-refractivity contribution in [3.63, 3.8) is 0 Å². The molecule has 5 heteroatoms. The van der Waals surface area contributed by atoms with Crippen LogP contribution in [0.1, 0.15) is 21.6 Å². The van der Waals surface area contributed by atoms with Crippen molar-refractivity contribution in [3.8, 4) is 0 Å². The second-order valence-electron chi connectivity index (χ2n) is 3.27. The number of carbonyl (C=O) groups is 1. The van der Waals surface area contributed by atoms with Crippen molar-refractivity contribution >= 4 is 21.7 Å². The number of hydrogen-bond donors (Lipinski definition) is 0. The first kappa shape index (κ1) is 10.2. The molecule has 0 saturated heterocycles. The number of carbonyl (C=O) groups excluding carboxylic acids is 1. The van der Waals surface area contributed by atoms with Crippen LogP contribution in [0.25, 0.3) is 0 Å². The second kappa shape index (κ2) is 3.66. The average Bonchev–Trinajstić information content (AvgIpc) is 2.71. The molecule has 2 heterocycles. The number of hydrogen-bond acceptors (Lipinski definition) is 3. The zero-order chi connectivity index (χ0) is 11.0. The monoisotopic (exact) mass is 268 g/mol. The lowest BCUT2D eigenvalue weighted by Gasteiger charge is -1.92. The van der Waals surface area contributed by atoms with Gasteiger partial charge >= 0.3 is 0 Å². The van der Waals surface area contributed by atoms with Gasteiger partial charge in [0.15, 0.2) is 10.5 Å². The molecule has 2 aromatic rings. The summed E-state index contributed by atoms with van der Waals surface area (Å²) in [6.07, 6.45) is 3.14. The molecular weight excluding hydrogens is 260 g/mol. The standard InChI is InChI=1S/C10H9BrN2O2/c1-6-8(4-13(2)12-6)10(14)7-3-9(11)15-5-7/h3-5H,1-2H3. The first-order chi connectivity index (χ1) is 7.08. The van der Waals surface area contributed by atoms with E-state index in [0.29, 0.717) is 15.8 Å². The van der Waals surface area contributed by atoms with Crippen molar-refractivity contribution in [1.82, 2.24) is 9.78 Å². The minimum atomic E-state index is -0.0740. The normalized spacial score (nSPS) is 10.6. The summed E-state index contributed by atoms with van der Waals surface area (Å²) in [5, 5.41) is 4.12. The van der Waals surface area contributed by atoms with Gasteiger partial charge in [-0.2, -0.15) is 5.10 Å². The fourth-order valence-electron chi connectivity index (χ4n) is 1.41. The molecule has 0 aliphatic carbocycles. The predicted octanol–water partition coefficient (Wildman–Crippen LogP) is 2.32. The topological polar surface area (TPSA) is 48.0 Å². The van der Waals surface area contributed by atoms with Crippen LogP contribution in [0.2, 0.25) is 0 Å². The zero-order valence-corrected chi connectivity index (χ0v) is 9.91. The predicted molar refractivity (Wildman–Crippen MR) is 57.8 cm³/mol. The third kappa shape index (κ3) is 1.87. The van der Waals surface area contributed by atoms with Gasteiger partial charge in [0.25, 0.3) is 0 Å². The molecule has 78 valence electrons. The van der Waals surface area contributed by atoms with Gasteiger partial charge in [0.05, 0.1) is 16.8 Å². The molecule has 0 atom stereocenters. The molecule has 0 spiro atoms. The van der Waals surface area contributed by atoms with E-state index in [1.165, 1.54) is 6.26 Å². The van der Waals surface area contributed by atoms with E-state index in [-0.39, 0.29) is 5.78 Å². The van der Waals surface area contributed by atoms with Crippen molar-refractivity contribution in [2.75, 3.05) is 0 Å². The Morgan fingerprint density at radius 2 is 2.33 bits per heavy atom. The summed E-state index contributed by atoms with van der Waals surface area (Å²) in [4.78, 5) is 12.0. The van der Waals surface area contributed by atoms with Gasteiger partial charge in [-0.05, 0) is 22.9 Å². The van der Waals surface area contributed by atoms with Crippen LogP contribution in [-0.2, 0) is 7.05 Å². The largest absolute Gasteiger partial charge is 0.457 e. The number of aromatic nitrogens is 2. The van der Waals surface area contributed by atoms with Crippen LogP contribution in [0.3, 0.4) is 0 Å². The summed E-state index contributed by atoms with van der Waals surface area (Å²) in [5.74, 6) is -0.0740. The molecule has 0 N–H and O–H groups in total. The van der Waals surface area contributed by atoms with Gasteiger partial charge in [-0.3, -0.25) is 9.48 Å². The molecular formula is C10H9BrN2O2. The molecule has 0 saturated carbocycles. The highest BCUT2D eigenvalue weighted by atomic mass is 79.9. The van der Waals surface area contributed by atoms with E-state index in [4.69, 9.17) is 4.42 Å². The van der Waals surface area contributed by atoms with E-state index >= 15 is 0 Å². The number of ketones is 1. The molecule has 0 amide bonds. The molecule has 0 unspecified atom stereocenters. The van der Waals surface area contributed by atoms with Crippen LogP contribution in [0.4, 0.5) is 0 Å². The van der Waals surface area contributed by atoms with E-state index in [9.17, 15) is 4.79 Å². The second-order valence-corrected chi connectivity index (χ2v) is 4.05. The van der Waals surface area contributed by atoms with Crippen molar-refractivity contribution in [3.05, 3.63) is 40.0 Å². The highest BCUT2D eigenvalue weighted by Crippen LogP contribution is 2.18. The highest BCUT2D eigenvalue weighted by molar-refractivity contribution is 9.10. The minimum Gasteiger partial charge on any atom is -0.457 e. The molecule has 15 heavy (non-hydrogen) atoms. The van der Waals surface area contributed by atoms with Gasteiger partial charge in [-0.15, -0.1) is 0 Å². The van der Waals surface area contributed by atoms with Gasteiger partial charge < -0.3 is 4.42 Å². The zero-order valence-electron chi connectivity index (χ0n) is 8.32.